The summed E-state index contributed by atoms with van der Waals surface area (Å²) in [6, 6.07) is 14.2. The molecule has 2 atom stereocenters. The molecule has 2 unspecified atom stereocenters. The Labute approximate surface area is 153 Å². The predicted octanol–water partition coefficient (Wildman–Crippen LogP) is 4.36. The number of hydrogen-bond donors (Lipinski definition) is 0. The van der Waals surface area contributed by atoms with E-state index < -0.39 is 0 Å². The molecule has 26 heavy (non-hydrogen) atoms. The Morgan fingerprint density at radius 1 is 1.08 bits per heavy atom. The van der Waals surface area contributed by atoms with Crippen LogP contribution in [0.5, 0.6) is 17.2 Å². The molecule has 2 aliphatic rings. The van der Waals surface area contributed by atoms with Gasteiger partial charge < -0.3 is 19.0 Å². The molecule has 0 amide bonds. The van der Waals surface area contributed by atoms with Crippen molar-refractivity contribution >= 4 is 5.71 Å². The summed E-state index contributed by atoms with van der Waals surface area (Å²) >= 11 is 0. The predicted molar refractivity (Wildman–Crippen MR) is 99.2 cm³/mol. The first-order chi connectivity index (χ1) is 12.7. The van der Waals surface area contributed by atoms with E-state index in [1.807, 2.05) is 44.2 Å². The molecule has 136 valence electrons. The molecule has 0 spiro atoms. The Morgan fingerprint density at radius 2 is 1.85 bits per heavy atom. The molecular weight excluding hydrogens is 330 g/mol. The smallest absolute Gasteiger partial charge is 0.231 e. The summed E-state index contributed by atoms with van der Waals surface area (Å²) in [5, 5.41) is 4.48. The van der Waals surface area contributed by atoms with Crippen molar-refractivity contribution in [1.29, 1.82) is 0 Å². The molecule has 0 aromatic heterocycles. The van der Waals surface area contributed by atoms with Gasteiger partial charge in [0.1, 0.15) is 11.9 Å². The molecule has 1 heterocycles. The maximum absolute atomic E-state index is 5.59. The maximum Gasteiger partial charge on any atom is 0.231 e. The molecule has 5 heteroatoms. The largest absolute Gasteiger partial charge is 0.497 e. The molecule has 5 nitrogen and oxygen atoms in total. The highest BCUT2D eigenvalue weighted by Gasteiger charge is 2.43. The SMILES string of the molecule is COc1ccc(C(=NOC(C)C)C2CC2c2ccc3c(c2)OCO3)cc1. The summed E-state index contributed by atoms with van der Waals surface area (Å²) in [5.74, 6) is 3.23. The van der Waals surface area contributed by atoms with Gasteiger partial charge in [-0.1, -0.05) is 11.2 Å². The van der Waals surface area contributed by atoms with E-state index in [1.54, 1.807) is 7.11 Å². The van der Waals surface area contributed by atoms with E-state index >= 15 is 0 Å². The van der Waals surface area contributed by atoms with Gasteiger partial charge in [-0.15, -0.1) is 0 Å². The fraction of sp³-hybridized carbons (Fsp3) is 0.381. The second-order valence-electron chi connectivity index (χ2n) is 6.92. The zero-order valence-electron chi connectivity index (χ0n) is 15.3. The Balaban J connectivity index is 1.58. The average Bonchev–Trinajstić information content (AvgIpc) is 3.29. The van der Waals surface area contributed by atoms with Crippen molar-refractivity contribution in [2.24, 2.45) is 11.1 Å². The number of ether oxygens (including phenoxy) is 3. The fourth-order valence-electron chi connectivity index (χ4n) is 3.27. The average molecular weight is 353 g/mol. The molecule has 1 fully saturated rings. The lowest BCUT2D eigenvalue weighted by Crippen LogP contribution is -2.08. The number of rotatable bonds is 6. The zero-order valence-corrected chi connectivity index (χ0v) is 15.3. The van der Waals surface area contributed by atoms with E-state index in [4.69, 9.17) is 19.0 Å². The van der Waals surface area contributed by atoms with Gasteiger partial charge in [0.25, 0.3) is 0 Å². The minimum absolute atomic E-state index is 0.0472. The van der Waals surface area contributed by atoms with Crippen LogP contribution in [0.2, 0.25) is 0 Å². The van der Waals surface area contributed by atoms with E-state index in [2.05, 4.69) is 17.3 Å². The summed E-state index contributed by atoms with van der Waals surface area (Å²) in [7, 11) is 1.67. The first-order valence-electron chi connectivity index (χ1n) is 8.93. The summed E-state index contributed by atoms with van der Waals surface area (Å²) in [6.45, 7) is 4.27. The van der Waals surface area contributed by atoms with Gasteiger partial charge in [0.2, 0.25) is 6.79 Å². The first kappa shape index (κ1) is 16.8. The van der Waals surface area contributed by atoms with Crippen LogP contribution in [0.25, 0.3) is 0 Å². The van der Waals surface area contributed by atoms with Crippen molar-refractivity contribution in [2.75, 3.05) is 13.9 Å². The molecule has 0 saturated heterocycles. The van der Waals surface area contributed by atoms with Gasteiger partial charge in [0.05, 0.1) is 12.8 Å². The zero-order chi connectivity index (χ0) is 18.1. The number of benzene rings is 2. The number of oxime groups is 1. The molecule has 4 rings (SSSR count). The topological polar surface area (TPSA) is 49.3 Å². The molecule has 1 saturated carbocycles. The van der Waals surface area contributed by atoms with Crippen molar-refractivity contribution in [3.8, 4) is 17.2 Å². The van der Waals surface area contributed by atoms with E-state index in [0.717, 1.165) is 34.9 Å². The Bertz CT molecular complexity index is 813. The van der Waals surface area contributed by atoms with Gasteiger partial charge in [-0.2, -0.15) is 0 Å². The van der Waals surface area contributed by atoms with E-state index in [1.165, 1.54) is 5.56 Å². The minimum atomic E-state index is 0.0472. The van der Waals surface area contributed by atoms with Gasteiger partial charge in [-0.3, -0.25) is 0 Å². The van der Waals surface area contributed by atoms with Crippen LogP contribution in [-0.4, -0.2) is 25.7 Å². The van der Waals surface area contributed by atoms with Crippen LogP contribution in [0, 0.1) is 5.92 Å². The third-order valence-electron chi connectivity index (χ3n) is 4.71. The van der Waals surface area contributed by atoms with Crippen LogP contribution in [0.4, 0.5) is 0 Å². The van der Waals surface area contributed by atoms with Gasteiger partial charge in [-0.25, -0.2) is 0 Å². The highest BCUT2D eigenvalue weighted by atomic mass is 16.7. The molecule has 0 bridgehead atoms. The lowest BCUT2D eigenvalue weighted by molar-refractivity contribution is 0.0854. The highest BCUT2D eigenvalue weighted by Crippen LogP contribution is 2.51. The second kappa shape index (κ2) is 6.90. The summed E-state index contributed by atoms with van der Waals surface area (Å²) in [6.07, 6.45) is 1.09. The third-order valence-corrected chi connectivity index (χ3v) is 4.71. The van der Waals surface area contributed by atoms with Crippen molar-refractivity contribution < 1.29 is 19.0 Å². The molecule has 0 N–H and O–H groups in total. The molecule has 0 radical (unpaired) electrons. The Kier molecular flexibility index (Phi) is 4.45. The van der Waals surface area contributed by atoms with E-state index in [9.17, 15) is 0 Å². The van der Waals surface area contributed by atoms with Crippen LogP contribution >= 0.6 is 0 Å². The molecular formula is C21H23NO4. The number of hydrogen-bond acceptors (Lipinski definition) is 5. The van der Waals surface area contributed by atoms with Crippen LogP contribution in [0.3, 0.4) is 0 Å². The number of nitrogens with zero attached hydrogens (tertiary/aromatic N) is 1. The van der Waals surface area contributed by atoms with Crippen molar-refractivity contribution in [1.82, 2.24) is 0 Å². The van der Waals surface area contributed by atoms with Crippen LogP contribution < -0.4 is 14.2 Å². The minimum Gasteiger partial charge on any atom is -0.497 e. The maximum atomic E-state index is 5.59. The summed E-state index contributed by atoms with van der Waals surface area (Å²) < 4.78 is 16.2. The standard InChI is InChI=1S/C21H23NO4/c1-13(2)26-22-21(14-4-7-16(23-3)8-5-14)18-11-17(18)15-6-9-19-20(10-15)25-12-24-19/h4-10,13,17-18H,11-12H2,1-3H3. The third kappa shape index (κ3) is 3.34. The second-order valence-corrected chi connectivity index (χ2v) is 6.92. The van der Waals surface area contributed by atoms with Crippen molar-refractivity contribution in [3.05, 3.63) is 53.6 Å². The molecule has 1 aliphatic carbocycles. The Morgan fingerprint density at radius 3 is 2.58 bits per heavy atom. The van der Waals surface area contributed by atoms with E-state index in [-0.39, 0.29) is 6.10 Å². The highest BCUT2D eigenvalue weighted by molar-refractivity contribution is 6.04. The van der Waals surface area contributed by atoms with E-state index in [0.29, 0.717) is 18.6 Å². The van der Waals surface area contributed by atoms with Gasteiger partial charge in [0, 0.05) is 5.92 Å². The summed E-state index contributed by atoms with van der Waals surface area (Å²) in [4.78, 5) is 5.59. The first-order valence-corrected chi connectivity index (χ1v) is 8.93. The van der Waals surface area contributed by atoms with Crippen LogP contribution in [0.15, 0.2) is 47.6 Å². The van der Waals surface area contributed by atoms with Crippen LogP contribution in [0.1, 0.15) is 37.3 Å². The quantitative estimate of drug-likeness (QED) is 0.572. The molecule has 2 aromatic rings. The van der Waals surface area contributed by atoms with Crippen molar-refractivity contribution in [3.63, 3.8) is 0 Å². The molecule has 2 aromatic carbocycles. The lowest BCUT2D eigenvalue weighted by Gasteiger charge is -2.10. The lowest BCUT2D eigenvalue weighted by atomic mass is 10.0. The monoisotopic (exact) mass is 353 g/mol. The normalized spacial score (nSPS) is 21.0. The van der Waals surface area contributed by atoms with Crippen molar-refractivity contribution in [2.45, 2.75) is 32.3 Å². The van der Waals surface area contributed by atoms with Crippen LogP contribution in [-0.2, 0) is 4.84 Å². The fourth-order valence-corrected chi connectivity index (χ4v) is 3.27. The summed E-state index contributed by atoms with van der Waals surface area (Å²) in [5.41, 5.74) is 3.31. The number of fused-ring (bicyclic) bond motifs is 1. The van der Waals surface area contributed by atoms with Gasteiger partial charge in [0.15, 0.2) is 11.5 Å². The van der Waals surface area contributed by atoms with Gasteiger partial charge >= 0.3 is 0 Å². The van der Waals surface area contributed by atoms with Gasteiger partial charge in [-0.05, 0) is 73.7 Å². The number of methoxy groups -OCH3 is 1. The Hall–Kier alpha value is -2.69. The molecule has 1 aliphatic heterocycles.